The number of sulfone groups is 1. The monoisotopic (exact) mass is 306 g/mol. The van der Waals surface area contributed by atoms with E-state index in [0.29, 0.717) is 17.7 Å². The lowest BCUT2D eigenvalue weighted by atomic mass is 9.69. The van der Waals surface area contributed by atoms with Gasteiger partial charge in [0.25, 0.3) is 6.92 Å². The molecule has 0 spiro atoms. The average molecular weight is 306 g/mol. The lowest BCUT2D eigenvalue weighted by molar-refractivity contribution is 0.332. The van der Waals surface area contributed by atoms with Gasteiger partial charge in [0.05, 0.1) is 12.4 Å². The fourth-order valence-corrected chi connectivity index (χ4v) is 4.05. The lowest BCUT2D eigenvalue weighted by Crippen LogP contribution is -2.16. The van der Waals surface area contributed by atoms with Gasteiger partial charge in [-0.3, -0.25) is 0 Å². The van der Waals surface area contributed by atoms with Crippen LogP contribution in [0, 0.1) is 0 Å². The minimum absolute atomic E-state index is 0.0985. The minimum atomic E-state index is -3.52. The zero-order valence-electron chi connectivity index (χ0n) is 12.2. The van der Waals surface area contributed by atoms with Crippen LogP contribution in [0.15, 0.2) is 41.3 Å². The average Bonchev–Trinajstić information content (AvgIpc) is 2.45. The Morgan fingerprint density at radius 3 is 2.57 bits per heavy atom. The molecule has 0 heterocycles. The van der Waals surface area contributed by atoms with Gasteiger partial charge in [0.1, 0.15) is 10.6 Å². The maximum atomic E-state index is 12.7. The summed E-state index contributed by atoms with van der Waals surface area (Å²) in [5.74, 6) is 0.278. The fraction of sp³-hybridized carbons (Fsp3) is 0.333. The highest BCUT2D eigenvalue weighted by Crippen LogP contribution is 2.33. The first-order chi connectivity index (χ1) is 9.95. The minimum Gasteiger partial charge on any atom is -0.492 e. The number of hydrogen-bond donors (Lipinski definition) is 1. The van der Waals surface area contributed by atoms with Crippen LogP contribution in [0.5, 0.6) is 5.75 Å². The quantitative estimate of drug-likeness (QED) is 0.833. The zero-order chi connectivity index (χ0) is 15.5. The Morgan fingerprint density at radius 2 is 1.90 bits per heavy atom. The van der Waals surface area contributed by atoms with Crippen LogP contribution in [0.3, 0.4) is 0 Å². The largest absolute Gasteiger partial charge is 0.492 e. The molecule has 0 radical (unpaired) electrons. The summed E-state index contributed by atoms with van der Waals surface area (Å²) in [4.78, 5) is 0.225. The van der Waals surface area contributed by atoms with Crippen LogP contribution in [0.2, 0.25) is 13.1 Å². The van der Waals surface area contributed by atoms with Crippen LogP contribution in [-0.4, -0.2) is 32.7 Å². The first kappa shape index (κ1) is 15.9. The maximum Gasteiger partial charge on any atom is 0.286 e. The van der Waals surface area contributed by atoms with Crippen LogP contribution < -0.4 is 4.74 Å². The van der Waals surface area contributed by atoms with Crippen molar-refractivity contribution in [3.63, 3.8) is 0 Å². The third-order valence-electron chi connectivity index (χ3n) is 3.26. The first-order valence-corrected chi connectivity index (χ1v) is 8.66. The van der Waals surface area contributed by atoms with Gasteiger partial charge in [-0.05, 0) is 24.7 Å². The molecule has 0 atom stereocenters. The Hall–Kier alpha value is -1.53. The van der Waals surface area contributed by atoms with Gasteiger partial charge in [0, 0.05) is 5.39 Å². The summed E-state index contributed by atoms with van der Waals surface area (Å²) in [6.07, 6.45) is 0.205. The summed E-state index contributed by atoms with van der Waals surface area (Å²) in [6.45, 7) is 3.16. The third-order valence-corrected chi connectivity index (χ3v) is 5.07. The van der Waals surface area contributed by atoms with Gasteiger partial charge in [-0.2, -0.15) is 0 Å². The summed E-state index contributed by atoms with van der Waals surface area (Å²) in [5, 5.41) is 10.9. The van der Waals surface area contributed by atoms with E-state index in [-0.39, 0.29) is 17.0 Å². The number of fused-ring (bicyclic) bond motifs is 1. The molecule has 0 aliphatic rings. The van der Waals surface area contributed by atoms with Crippen molar-refractivity contribution in [3.8, 4) is 5.75 Å². The number of ether oxygens (including phenoxy) is 1. The van der Waals surface area contributed by atoms with Gasteiger partial charge < -0.3 is 9.76 Å². The highest BCUT2D eigenvalue weighted by Gasteiger charge is 2.24. The number of rotatable bonds is 6. The Balaban J connectivity index is 2.60. The molecular formula is C15H19BO4S. The van der Waals surface area contributed by atoms with Crippen LogP contribution in [0.4, 0.5) is 0 Å². The molecule has 0 unspecified atom stereocenters. The highest BCUT2D eigenvalue weighted by atomic mass is 32.2. The maximum absolute atomic E-state index is 12.7. The van der Waals surface area contributed by atoms with Crippen LogP contribution in [0.1, 0.15) is 6.92 Å². The molecule has 4 nitrogen and oxygen atoms in total. The van der Waals surface area contributed by atoms with Crippen molar-refractivity contribution in [1.29, 1.82) is 0 Å². The van der Waals surface area contributed by atoms with Gasteiger partial charge >= 0.3 is 0 Å². The number of benzene rings is 2. The first-order valence-electron chi connectivity index (χ1n) is 7.01. The van der Waals surface area contributed by atoms with E-state index >= 15 is 0 Å². The standard InChI is InChI=1S/C15H19BO4S/c1-3-20-14-9-8-12-6-4-5-7-13(12)15(14)21(18,19)11-10-16(2)17/h4-9,17H,3,10-11H2,1-2H3. The summed E-state index contributed by atoms with van der Waals surface area (Å²) < 4.78 is 30.8. The van der Waals surface area contributed by atoms with E-state index in [2.05, 4.69) is 0 Å². The molecule has 6 heteroatoms. The molecule has 1 N–H and O–H groups in total. The van der Waals surface area contributed by atoms with Crippen molar-refractivity contribution in [2.45, 2.75) is 25.0 Å². The Labute approximate surface area is 125 Å². The molecule has 0 aliphatic heterocycles. The molecule has 0 amide bonds. The molecule has 0 saturated heterocycles. The van der Waals surface area contributed by atoms with Gasteiger partial charge in [0.2, 0.25) is 0 Å². The summed E-state index contributed by atoms with van der Waals surface area (Å²) in [7, 11) is -3.52. The van der Waals surface area contributed by atoms with Crippen LogP contribution >= 0.6 is 0 Å². The molecule has 2 rings (SSSR count). The van der Waals surface area contributed by atoms with E-state index in [1.54, 1.807) is 19.0 Å². The van der Waals surface area contributed by atoms with Crippen molar-refractivity contribution in [2.75, 3.05) is 12.4 Å². The molecule has 112 valence electrons. The lowest BCUT2D eigenvalue weighted by Gasteiger charge is -2.14. The third kappa shape index (κ3) is 3.57. The van der Waals surface area contributed by atoms with E-state index in [9.17, 15) is 13.4 Å². The van der Waals surface area contributed by atoms with Gasteiger partial charge in [-0.1, -0.05) is 37.2 Å². The van der Waals surface area contributed by atoms with E-state index in [4.69, 9.17) is 4.74 Å². The van der Waals surface area contributed by atoms with E-state index in [1.165, 1.54) is 0 Å². The second kappa shape index (κ2) is 6.49. The van der Waals surface area contributed by atoms with Crippen LogP contribution in [0.25, 0.3) is 10.8 Å². The molecule has 0 aliphatic carbocycles. The molecule has 2 aromatic carbocycles. The highest BCUT2D eigenvalue weighted by molar-refractivity contribution is 7.91. The normalized spacial score (nSPS) is 11.6. The topological polar surface area (TPSA) is 63.6 Å². The van der Waals surface area contributed by atoms with E-state index < -0.39 is 16.8 Å². The zero-order valence-corrected chi connectivity index (χ0v) is 13.1. The Kier molecular flexibility index (Phi) is 4.90. The summed E-state index contributed by atoms with van der Waals surface area (Å²) in [5.41, 5.74) is 0. The van der Waals surface area contributed by atoms with Crippen molar-refractivity contribution in [1.82, 2.24) is 0 Å². The molecular weight excluding hydrogens is 287 g/mol. The smallest absolute Gasteiger partial charge is 0.286 e. The predicted octanol–water partition coefficient (Wildman–Crippen LogP) is 2.63. The molecule has 0 saturated carbocycles. The van der Waals surface area contributed by atoms with Crippen molar-refractivity contribution < 1.29 is 18.2 Å². The summed E-state index contributed by atoms with van der Waals surface area (Å²) in [6, 6.07) is 10.9. The Morgan fingerprint density at radius 1 is 1.19 bits per heavy atom. The predicted molar refractivity (Wildman–Crippen MR) is 85.8 cm³/mol. The Bertz CT molecular complexity index is 726. The van der Waals surface area contributed by atoms with Gasteiger partial charge in [0.15, 0.2) is 9.84 Å². The van der Waals surface area contributed by atoms with E-state index in [1.807, 2.05) is 31.2 Å². The summed E-state index contributed by atoms with van der Waals surface area (Å²) >= 11 is 0. The van der Waals surface area contributed by atoms with Crippen molar-refractivity contribution >= 4 is 27.5 Å². The molecule has 0 aromatic heterocycles. The molecule has 0 fully saturated rings. The van der Waals surface area contributed by atoms with E-state index in [0.717, 1.165) is 5.39 Å². The van der Waals surface area contributed by atoms with Crippen molar-refractivity contribution in [2.24, 2.45) is 0 Å². The second-order valence-corrected chi connectivity index (χ2v) is 7.05. The van der Waals surface area contributed by atoms with Crippen molar-refractivity contribution in [3.05, 3.63) is 36.4 Å². The van der Waals surface area contributed by atoms with Gasteiger partial charge in [-0.15, -0.1) is 0 Å². The van der Waals surface area contributed by atoms with Gasteiger partial charge in [-0.25, -0.2) is 8.42 Å². The SMILES string of the molecule is CCOc1ccc2ccccc2c1S(=O)(=O)CCB(C)O. The molecule has 0 bridgehead atoms. The molecule has 2 aromatic rings. The fourth-order valence-electron chi connectivity index (χ4n) is 2.24. The number of hydrogen-bond acceptors (Lipinski definition) is 4. The second-order valence-electron chi connectivity index (χ2n) is 5.00. The molecule has 21 heavy (non-hydrogen) atoms. The van der Waals surface area contributed by atoms with Crippen LogP contribution in [-0.2, 0) is 9.84 Å².